The Morgan fingerprint density at radius 2 is 2.08 bits per heavy atom. The van der Waals surface area contributed by atoms with E-state index in [0.29, 0.717) is 0 Å². The number of hydrogen-bond donors (Lipinski definition) is 2. The number of alkyl halides is 2. The van der Waals surface area contributed by atoms with Crippen molar-refractivity contribution in [1.29, 1.82) is 0 Å². The first-order chi connectivity index (χ1) is 5.99. The van der Waals surface area contributed by atoms with Crippen molar-refractivity contribution >= 4 is 35.1 Å². The van der Waals surface area contributed by atoms with E-state index >= 15 is 0 Å². The largest absolute Gasteiger partial charge is 0.480 e. The van der Waals surface area contributed by atoms with Gasteiger partial charge in [0.1, 0.15) is 0 Å². The highest BCUT2D eigenvalue weighted by atomic mass is 35.5. The minimum absolute atomic E-state index is 0.137. The number of carboxylic acids is 1. The normalized spacial score (nSPS) is 12.6. The molecule has 0 radical (unpaired) electrons. The molecule has 0 spiro atoms. The number of carbonyl (C=O) groups excluding carboxylic acids is 1. The summed E-state index contributed by atoms with van der Waals surface area (Å²) in [5.74, 6) is -1.96. The van der Waals surface area contributed by atoms with Gasteiger partial charge in [-0.25, -0.2) is 4.79 Å². The Labute approximate surface area is 85.0 Å². The fourth-order valence-electron chi connectivity index (χ4n) is 0.576. The molecule has 0 fully saturated rings. The number of methoxy groups -OCH3 is 1. The molecule has 1 amide bonds. The van der Waals surface area contributed by atoms with Gasteiger partial charge in [-0.3, -0.25) is 4.79 Å². The molecular formula is C6H9Cl2NO4. The molecule has 13 heavy (non-hydrogen) atoms. The van der Waals surface area contributed by atoms with Gasteiger partial charge in [0.2, 0.25) is 0 Å². The van der Waals surface area contributed by atoms with E-state index in [9.17, 15) is 9.59 Å². The zero-order valence-electron chi connectivity index (χ0n) is 6.79. The zero-order chi connectivity index (χ0) is 10.4. The van der Waals surface area contributed by atoms with Gasteiger partial charge in [-0.05, 0) is 0 Å². The fraction of sp³-hybridized carbons (Fsp3) is 0.667. The van der Waals surface area contributed by atoms with Crippen LogP contribution < -0.4 is 5.32 Å². The maximum atomic E-state index is 10.8. The third kappa shape index (κ3) is 4.92. The Balaban J connectivity index is 4.10. The Bertz CT molecular complexity index is 197. The first-order valence-electron chi connectivity index (χ1n) is 3.29. The highest BCUT2D eigenvalue weighted by Crippen LogP contribution is 2.01. The average Bonchev–Trinajstić information content (AvgIpc) is 2.03. The molecule has 0 bridgehead atoms. The van der Waals surface area contributed by atoms with Gasteiger partial charge in [-0.2, -0.15) is 0 Å². The van der Waals surface area contributed by atoms with Crippen LogP contribution in [0.25, 0.3) is 0 Å². The Morgan fingerprint density at radius 3 is 2.38 bits per heavy atom. The van der Waals surface area contributed by atoms with E-state index in [2.05, 4.69) is 10.1 Å². The lowest BCUT2D eigenvalue weighted by Crippen LogP contribution is -2.45. The lowest BCUT2D eigenvalue weighted by molar-refractivity contribution is -0.143. The van der Waals surface area contributed by atoms with Gasteiger partial charge in [-0.1, -0.05) is 23.2 Å². The zero-order valence-corrected chi connectivity index (χ0v) is 8.30. The number of amides is 1. The van der Waals surface area contributed by atoms with Crippen LogP contribution >= 0.6 is 23.2 Å². The molecule has 0 saturated carbocycles. The Hall–Kier alpha value is -0.520. The molecule has 2 N–H and O–H groups in total. The lowest BCUT2D eigenvalue weighted by atomic mass is 10.3. The minimum atomic E-state index is -1.28. The second kappa shape index (κ2) is 6.01. The predicted octanol–water partition coefficient (Wildman–Crippen LogP) is 0.00590. The summed E-state index contributed by atoms with van der Waals surface area (Å²) >= 11 is 10.4. The van der Waals surface area contributed by atoms with Crippen LogP contribution in [0, 0.1) is 0 Å². The van der Waals surface area contributed by atoms with Crippen molar-refractivity contribution in [3.8, 4) is 0 Å². The second-order valence-electron chi connectivity index (χ2n) is 2.16. The second-order valence-corrected chi connectivity index (χ2v) is 3.25. The van der Waals surface area contributed by atoms with Crippen molar-refractivity contribution < 1.29 is 19.4 Å². The average molecular weight is 230 g/mol. The van der Waals surface area contributed by atoms with Crippen LogP contribution in [0.3, 0.4) is 0 Å². The smallest absolute Gasteiger partial charge is 0.328 e. The molecule has 0 aliphatic heterocycles. The van der Waals surface area contributed by atoms with E-state index in [1.807, 2.05) is 0 Å². The van der Waals surface area contributed by atoms with Crippen molar-refractivity contribution in [3.05, 3.63) is 0 Å². The SMILES string of the molecule is COCC(NC(=O)C(Cl)Cl)C(=O)O. The molecule has 0 rings (SSSR count). The van der Waals surface area contributed by atoms with E-state index in [1.54, 1.807) is 0 Å². The molecular weight excluding hydrogens is 221 g/mol. The molecule has 0 aromatic rings. The van der Waals surface area contributed by atoms with Gasteiger partial charge in [0.25, 0.3) is 5.91 Å². The summed E-state index contributed by atoms with van der Waals surface area (Å²) in [6.07, 6.45) is 0. The maximum Gasteiger partial charge on any atom is 0.328 e. The van der Waals surface area contributed by atoms with Crippen LogP contribution in [0.15, 0.2) is 0 Å². The van der Waals surface area contributed by atoms with Gasteiger partial charge >= 0.3 is 5.97 Å². The summed E-state index contributed by atoms with van der Waals surface area (Å²) in [7, 11) is 1.32. The van der Waals surface area contributed by atoms with E-state index in [0.717, 1.165) is 0 Å². The maximum absolute atomic E-state index is 10.8. The van der Waals surface area contributed by atoms with Crippen LogP contribution in [0.1, 0.15) is 0 Å². The highest BCUT2D eigenvalue weighted by molar-refractivity contribution is 6.53. The minimum Gasteiger partial charge on any atom is -0.480 e. The van der Waals surface area contributed by atoms with Crippen LogP contribution in [0.2, 0.25) is 0 Å². The Morgan fingerprint density at radius 1 is 1.54 bits per heavy atom. The molecule has 1 atom stereocenters. The molecule has 0 aliphatic carbocycles. The van der Waals surface area contributed by atoms with Crippen molar-refractivity contribution in [2.24, 2.45) is 0 Å². The van der Waals surface area contributed by atoms with Crippen LogP contribution in [0.5, 0.6) is 0 Å². The van der Waals surface area contributed by atoms with Crippen molar-refractivity contribution in [3.63, 3.8) is 0 Å². The van der Waals surface area contributed by atoms with Crippen LogP contribution in [-0.2, 0) is 14.3 Å². The van der Waals surface area contributed by atoms with Gasteiger partial charge in [0.05, 0.1) is 6.61 Å². The quantitative estimate of drug-likeness (QED) is 0.652. The number of hydrogen-bond acceptors (Lipinski definition) is 3. The van der Waals surface area contributed by atoms with Crippen molar-refractivity contribution in [2.45, 2.75) is 10.9 Å². The van der Waals surface area contributed by atoms with Crippen molar-refractivity contribution in [2.75, 3.05) is 13.7 Å². The number of rotatable bonds is 5. The van der Waals surface area contributed by atoms with E-state index in [1.165, 1.54) is 7.11 Å². The van der Waals surface area contributed by atoms with Crippen molar-refractivity contribution in [1.82, 2.24) is 5.32 Å². The summed E-state index contributed by atoms with van der Waals surface area (Å²) in [4.78, 5) is 20.0. The van der Waals surface area contributed by atoms with Gasteiger partial charge in [0, 0.05) is 7.11 Å². The number of carboxylic acid groups (broad SMARTS) is 1. The molecule has 0 aliphatic rings. The standard InChI is InChI=1S/C6H9Cl2NO4/c1-13-2-3(6(11)12)9-5(10)4(7)8/h3-4H,2H2,1H3,(H,9,10)(H,11,12). The summed E-state index contributed by atoms with van der Waals surface area (Å²) in [6.45, 7) is -0.137. The van der Waals surface area contributed by atoms with E-state index in [4.69, 9.17) is 28.3 Å². The van der Waals surface area contributed by atoms with E-state index in [-0.39, 0.29) is 6.61 Å². The molecule has 0 aromatic heterocycles. The summed E-state index contributed by atoms with van der Waals surface area (Å²) in [6, 6.07) is -1.13. The number of halogens is 2. The van der Waals surface area contributed by atoms with Gasteiger partial charge in [0.15, 0.2) is 10.9 Å². The molecule has 0 aromatic carbocycles. The predicted molar refractivity (Wildman–Crippen MR) is 46.9 cm³/mol. The third-order valence-electron chi connectivity index (χ3n) is 1.15. The van der Waals surface area contributed by atoms with Crippen LogP contribution in [-0.4, -0.2) is 41.6 Å². The van der Waals surface area contributed by atoms with Gasteiger partial charge in [-0.15, -0.1) is 0 Å². The van der Waals surface area contributed by atoms with E-state index < -0.39 is 22.8 Å². The number of aliphatic carboxylic acids is 1. The number of ether oxygens (including phenoxy) is 1. The summed E-state index contributed by atoms with van der Waals surface area (Å²) in [5.41, 5.74) is 0. The molecule has 5 nitrogen and oxygen atoms in total. The monoisotopic (exact) mass is 229 g/mol. The van der Waals surface area contributed by atoms with Crippen LogP contribution in [0.4, 0.5) is 0 Å². The first kappa shape index (κ1) is 12.5. The third-order valence-corrected chi connectivity index (χ3v) is 1.54. The molecule has 1 unspecified atom stereocenters. The lowest BCUT2D eigenvalue weighted by Gasteiger charge is -2.13. The summed E-state index contributed by atoms with van der Waals surface area (Å²) in [5, 5.41) is 10.6. The molecule has 76 valence electrons. The Kier molecular flexibility index (Phi) is 5.77. The molecule has 0 heterocycles. The fourth-order valence-corrected chi connectivity index (χ4v) is 0.702. The topological polar surface area (TPSA) is 75.6 Å². The molecule has 0 saturated heterocycles. The highest BCUT2D eigenvalue weighted by Gasteiger charge is 2.22. The molecule has 7 heteroatoms. The van der Waals surface area contributed by atoms with Gasteiger partial charge < -0.3 is 15.2 Å². The number of nitrogens with one attached hydrogen (secondary N) is 1. The summed E-state index contributed by atoms with van der Waals surface area (Å²) < 4.78 is 4.56. The number of carbonyl (C=O) groups is 2. The first-order valence-corrected chi connectivity index (χ1v) is 4.16.